The van der Waals surface area contributed by atoms with Crippen molar-refractivity contribution in [3.8, 4) is 5.75 Å². The molecule has 0 saturated heterocycles. The molecule has 0 spiro atoms. The van der Waals surface area contributed by atoms with Crippen LogP contribution >= 0.6 is 0 Å². The third-order valence-corrected chi connectivity index (χ3v) is 4.24. The number of hydrazone groups is 1. The van der Waals surface area contributed by atoms with E-state index in [0.29, 0.717) is 17.9 Å². The third-order valence-electron chi connectivity index (χ3n) is 4.24. The van der Waals surface area contributed by atoms with E-state index in [1.807, 2.05) is 67.6 Å². The number of ether oxygens (including phenoxy) is 1. The van der Waals surface area contributed by atoms with Gasteiger partial charge in [0.05, 0.1) is 12.8 Å². The number of amides is 2. The number of rotatable bonds is 8. The first kappa shape index (κ1) is 20.8. The van der Waals surface area contributed by atoms with E-state index in [2.05, 4.69) is 15.8 Å². The van der Waals surface area contributed by atoms with Crippen molar-refractivity contribution in [1.29, 1.82) is 0 Å². The normalized spacial score (nSPS) is 10.6. The SMILES string of the molecule is Cc1cccc(C(=O)NCC(=O)NN=Cc2ccccc2OCc2ccccc2)c1. The Morgan fingerprint density at radius 1 is 0.967 bits per heavy atom. The quantitative estimate of drug-likeness (QED) is 0.448. The summed E-state index contributed by atoms with van der Waals surface area (Å²) in [5, 5.41) is 6.54. The van der Waals surface area contributed by atoms with Crippen LogP contribution in [0.2, 0.25) is 0 Å². The van der Waals surface area contributed by atoms with Gasteiger partial charge in [-0.3, -0.25) is 9.59 Å². The van der Waals surface area contributed by atoms with Crippen molar-refractivity contribution in [2.24, 2.45) is 5.10 Å². The Morgan fingerprint density at radius 3 is 2.53 bits per heavy atom. The maximum absolute atomic E-state index is 12.1. The summed E-state index contributed by atoms with van der Waals surface area (Å²) in [6, 6.07) is 24.4. The first-order chi connectivity index (χ1) is 14.6. The molecule has 3 aromatic carbocycles. The molecule has 0 heterocycles. The molecule has 0 fully saturated rings. The maximum atomic E-state index is 12.1. The molecule has 3 rings (SSSR count). The summed E-state index contributed by atoms with van der Waals surface area (Å²) in [6.07, 6.45) is 1.51. The molecule has 6 nitrogen and oxygen atoms in total. The van der Waals surface area contributed by atoms with Crippen LogP contribution in [0.1, 0.15) is 27.0 Å². The van der Waals surface area contributed by atoms with Crippen molar-refractivity contribution in [3.63, 3.8) is 0 Å². The van der Waals surface area contributed by atoms with Crippen molar-refractivity contribution in [2.75, 3.05) is 6.54 Å². The predicted octanol–water partition coefficient (Wildman–Crippen LogP) is 3.45. The van der Waals surface area contributed by atoms with Crippen LogP contribution in [-0.2, 0) is 11.4 Å². The first-order valence-corrected chi connectivity index (χ1v) is 9.54. The van der Waals surface area contributed by atoms with Gasteiger partial charge in [-0.05, 0) is 36.8 Å². The number of carbonyl (C=O) groups is 2. The smallest absolute Gasteiger partial charge is 0.259 e. The standard InChI is InChI=1S/C24H23N3O3/c1-18-8-7-12-20(14-18)24(29)25-16-23(28)27-26-15-21-11-5-6-13-22(21)30-17-19-9-3-2-4-10-19/h2-15H,16-17H2,1H3,(H,25,29)(H,27,28). The second-order valence-corrected chi connectivity index (χ2v) is 6.66. The molecular formula is C24H23N3O3. The minimum absolute atomic E-state index is 0.170. The van der Waals surface area contributed by atoms with E-state index in [0.717, 1.165) is 16.7 Å². The molecule has 0 unspecified atom stereocenters. The molecule has 152 valence electrons. The van der Waals surface area contributed by atoms with Crippen LogP contribution in [0.25, 0.3) is 0 Å². The lowest BCUT2D eigenvalue weighted by Crippen LogP contribution is -2.34. The van der Waals surface area contributed by atoms with Gasteiger partial charge in [0, 0.05) is 11.1 Å². The van der Waals surface area contributed by atoms with E-state index in [9.17, 15) is 9.59 Å². The molecule has 0 saturated carbocycles. The molecular weight excluding hydrogens is 378 g/mol. The number of hydrogen-bond donors (Lipinski definition) is 2. The van der Waals surface area contributed by atoms with Crippen LogP contribution in [0.5, 0.6) is 5.75 Å². The number of para-hydroxylation sites is 1. The Bertz CT molecular complexity index is 1030. The zero-order valence-electron chi connectivity index (χ0n) is 16.7. The van der Waals surface area contributed by atoms with Crippen molar-refractivity contribution < 1.29 is 14.3 Å². The monoisotopic (exact) mass is 401 g/mol. The topological polar surface area (TPSA) is 79.8 Å². The second kappa shape index (κ2) is 10.6. The van der Waals surface area contributed by atoms with Gasteiger partial charge in [0.1, 0.15) is 12.4 Å². The van der Waals surface area contributed by atoms with Gasteiger partial charge in [-0.15, -0.1) is 0 Å². The highest BCUT2D eigenvalue weighted by molar-refractivity contribution is 5.96. The summed E-state index contributed by atoms with van der Waals surface area (Å²) in [4.78, 5) is 24.0. The molecule has 0 aliphatic rings. The molecule has 0 aromatic heterocycles. The predicted molar refractivity (Wildman–Crippen MR) is 116 cm³/mol. The summed E-state index contributed by atoms with van der Waals surface area (Å²) >= 11 is 0. The highest BCUT2D eigenvalue weighted by Gasteiger charge is 2.07. The molecule has 3 aromatic rings. The van der Waals surface area contributed by atoms with Crippen LogP contribution < -0.4 is 15.5 Å². The molecule has 0 aliphatic carbocycles. The van der Waals surface area contributed by atoms with Gasteiger partial charge in [-0.1, -0.05) is 60.2 Å². The van der Waals surface area contributed by atoms with E-state index in [-0.39, 0.29) is 12.5 Å². The molecule has 0 radical (unpaired) electrons. The molecule has 30 heavy (non-hydrogen) atoms. The van der Waals surface area contributed by atoms with Gasteiger partial charge in [-0.25, -0.2) is 5.43 Å². The Labute approximate surface area is 175 Å². The fourth-order valence-electron chi connectivity index (χ4n) is 2.72. The molecule has 6 heteroatoms. The third kappa shape index (κ3) is 6.31. The van der Waals surface area contributed by atoms with Crippen LogP contribution in [0, 0.1) is 6.92 Å². The van der Waals surface area contributed by atoms with Gasteiger partial charge in [0.2, 0.25) is 0 Å². The highest BCUT2D eigenvalue weighted by atomic mass is 16.5. The molecule has 2 amide bonds. The average molecular weight is 401 g/mol. The zero-order valence-corrected chi connectivity index (χ0v) is 16.7. The second-order valence-electron chi connectivity index (χ2n) is 6.66. The highest BCUT2D eigenvalue weighted by Crippen LogP contribution is 2.17. The Kier molecular flexibility index (Phi) is 7.33. The van der Waals surface area contributed by atoms with Crippen molar-refractivity contribution in [3.05, 3.63) is 101 Å². The minimum Gasteiger partial charge on any atom is -0.488 e. The first-order valence-electron chi connectivity index (χ1n) is 9.54. The van der Waals surface area contributed by atoms with E-state index in [4.69, 9.17) is 4.74 Å². The number of nitrogens with zero attached hydrogens (tertiary/aromatic N) is 1. The summed E-state index contributed by atoms with van der Waals surface area (Å²) in [7, 11) is 0. The zero-order chi connectivity index (χ0) is 21.2. The summed E-state index contributed by atoms with van der Waals surface area (Å²) in [5.41, 5.74) is 5.69. The summed E-state index contributed by atoms with van der Waals surface area (Å²) in [5.74, 6) is -0.0699. The van der Waals surface area contributed by atoms with E-state index in [1.165, 1.54) is 6.21 Å². The molecule has 0 atom stereocenters. The van der Waals surface area contributed by atoms with Gasteiger partial charge >= 0.3 is 0 Å². The van der Waals surface area contributed by atoms with Crippen LogP contribution in [0.4, 0.5) is 0 Å². The van der Waals surface area contributed by atoms with Crippen molar-refractivity contribution >= 4 is 18.0 Å². The van der Waals surface area contributed by atoms with Crippen LogP contribution in [-0.4, -0.2) is 24.6 Å². The van der Waals surface area contributed by atoms with Gasteiger partial charge < -0.3 is 10.1 Å². The van der Waals surface area contributed by atoms with E-state index >= 15 is 0 Å². The van der Waals surface area contributed by atoms with Gasteiger partial charge in [-0.2, -0.15) is 5.10 Å². The fourth-order valence-corrected chi connectivity index (χ4v) is 2.72. The summed E-state index contributed by atoms with van der Waals surface area (Å²) < 4.78 is 5.86. The molecule has 2 N–H and O–H groups in total. The largest absolute Gasteiger partial charge is 0.488 e. The van der Waals surface area contributed by atoms with Crippen molar-refractivity contribution in [1.82, 2.24) is 10.7 Å². The lowest BCUT2D eigenvalue weighted by Gasteiger charge is -2.09. The number of aryl methyl sites for hydroxylation is 1. The Hall–Kier alpha value is -3.93. The average Bonchev–Trinajstić information content (AvgIpc) is 2.77. The molecule has 0 bridgehead atoms. The maximum Gasteiger partial charge on any atom is 0.259 e. The van der Waals surface area contributed by atoms with Gasteiger partial charge in [0.15, 0.2) is 0 Å². The Balaban J connectivity index is 1.50. The number of carbonyl (C=O) groups excluding carboxylic acids is 2. The number of hydrogen-bond acceptors (Lipinski definition) is 4. The lowest BCUT2D eigenvalue weighted by molar-refractivity contribution is -0.120. The number of benzene rings is 3. The fraction of sp³-hybridized carbons (Fsp3) is 0.125. The van der Waals surface area contributed by atoms with Crippen LogP contribution in [0.3, 0.4) is 0 Å². The molecule has 0 aliphatic heterocycles. The van der Waals surface area contributed by atoms with E-state index < -0.39 is 5.91 Å². The number of nitrogens with one attached hydrogen (secondary N) is 2. The van der Waals surface area contributed by atoms with Crippen LogP contribution in [0.15, 0.2) is 84.0 Å². The summed E-state index contributed by atoms with van der Waals surface area (Å²) in [6.45, 7) is 2.17. The van der Waals surface area contributed by atoms with Crippen molar-refractivity contribution in [2.45, 2.75) is 13.5 Å². The van der Waals surface area contributed by atoms with E-state index in [1.54, 1.807) is 18.2 Å². The Morgan fingerprint density at radius 2 is 1.73 bits per heavy atom. The minimum atomic E-state index is -0.421. The lowest BCUT2D eigenvalue weighted by atomic mass is 10.1. The van der Waals surface area contributed by atoms with Gasteiger partial charge in [0.25, 0.3) is 11.8 Å².